The number of benzene rings is 2. The normalized spacial score (nSPS) is 11.8. The van der Waals surface area contributed by atoms with Crippen LogP contribution in [0.4, 0.5) is 0 Å². The van der Waals surface area contributed by atoms with Crippen LogP contribution < -0.4 is 0 Å². The second-order valence-electron chi connectivity index (χ2n) is 3.52. The lowest BCUT2D eigenvalue weighted by Crippen LogP contribution is -1.92. The second kappa shape index (κ2) is 4.61. The summed E-state index contributed by atoms with van der Waals surface area (Å²) >= 11 is 0. The van der Waals surface area contributed by atoms with Crippen molar-refractivity contribution in [2.45, 2.75) is 6.10 Å². The smallest absolute Gasteiger partial charge is 0.165 e. The molecule has 0 heterocycles. The van der Waals surface area contributed by atoms with Gasteiger partial charge < -0.3 is 5.11 Å². The Morgan fingerprint density at radius 1 is 0.875 bits per heavy atom. The second-order valence-corrected chi connectivity index (χ2v) is 3.52. The zero-order valence-corrected chi connectivity index (χ0v) is 8.67. The molecule has 0 saturated carbocycles. The van der Waals surface area contributed by atoms with Crippen LogP contribution in [-0.2, 0) is 0 Å². The highest BCUT2D eigenvalue weighted by Crippen LogP contribution is 2.21. The lowest BCUT2D eigenvalue weighted by molar-refractivity contribution is 0.236. The van der Waals surface area contributed by atoms with E-state index in [-0.39, 0.29) is 0 Å². The Kier molecular flexibility index (Phi) is 3.00. The van der Waals surface area contributed by atoms with Crippen LogP contribution in [0.3, 0.4) is 0 Å². The van der Waals surface area contributed by atoms with Gasteiger partial charge in [-0.05, 0) is 16.7 Å². The lowest BCUT2D eigenvalue weighted by Gasteiger charge is -2.04. The first kappa shape index (κ1) is 10.4. The van der Waals surface area contributed by atoms with Gasteiger partial charge >= 0.3 is 0 Å². The largest absolute Gasteiger partial charge is 0.374 e. The molecule has 0 aliphatic carbocycles. The van der Waals surface area contributed by atoms with E-state index < -0.39 is 6.10 Å². The van der Waals surface area contributed by atoms with Crippen molar-refractivity contribution >= 4 is 0 Å². The van der Waals surface area contributed by atoms with Crippen molar-refractivity contribution in [3.8, 4) is 17.2 Å². The van der Waals surface area contributed by atoms with Crippen molar-refractivity contribution in [1.82, 2.24) is 0 Å². The molecule has 1 N–H and O–H groups in total. The van der Waals surface area contributed by atoms with E-state index in [1.165, 1.54) is 0 Å². The highest BCUT2D eigenvalue weighted by atomic mass is 16.3. The van der Waals surface area contributed by atoms with E-state index in [0.29, 0.717) is 5.56 Å². The zero-order valence-electron chi connectivity index (χ0n) is 8.67. The molecule has 0 aromatic heterocycles. The minimum absolute atomic E-state index is 0.627. The summed E-state index contributed by atoms with van der Waals surface area (Å²) in [4.78, 5) is 0. The molecule has 1 atom stereocenters. The van der Waals surface area contributed by atoms with Gasteiger partial charge in [-0.3, -0.25) is 0 Å². The maximum atomic E-state index is 9.33. The number of hydrogen-bond acceptors (Lipinski definition) is 2. The van der Waals surface area contributed by atoms with Crippen molar-refractivity contribution in [3.05, 3.63) is 60.2 Å². The fourth-order valence-electron chi connectivity index (χ4n) is 1.56. The number of hydrogen-bond donors (Lipinski definition) is 1. The molecule has 0 aliphatic rings. The number of nitriles is 1. The van der Waals surface area contributed by atoms with E-state index in [0.717, 1.165) is 11.1 Å². The van der Waals surface area contributed by atoms with Gasteiger partial charge in [-0.15, -0.1) is 0 Å². The Labute approximate surface area is 94.4 Å². The van der Waals surface area contributed by atoms with Crippen LogP contribution in [-0.4, -0.2) is 5.11 Å². The predicted molar refractivity (Wildman–Crippen MR) is 62.5 cm³/mol. The summed E-state index contributed by atoms with van der Waals surface area (Å²) < 4.78 is 0. The van der Waals surface area contributed by atoms with Gasteiger partial charge in [-0.25, -0.2) is 0 Å². The van der Waals surface area contributed by atoms with E-state index in [4.69, 9.17) is 5.26 Å². The van der Waals surface area contributed by atoms with Crippen LogP contribution in [0.15, 0.2) is 54.6 Å². The van der Waals surface area contributed by atoms with Gasteiger partial charge in [0.15, 0.2) is 6.10 Å². The lowest BCUT2D eigenvalue weighted by atomic mass is 10.0. The van der Waals surface area contributed by atoms with Gasteiger partial charge in [0.05, 0.1) is 6.07 Å². The Bertz CT molecular complexity index is 497. The first-order valence-electron chi connectivity index (χ1n) is 5.04. The monoisotopic (exact) mass is 209 g/mol. The molecular weight excluding hydrogens is 198 g/mol. The van der Waals surface area contributed by atoms with Crippen molar-refractivity contribution in [3.63, 3.8) is 0 Å². The summed E-state index contributed by atoms with van der Waals surface area (Å²) in [6, 6.07) is 19.1. The molecule has 0 aliphatic heterocycles. The van der Waals surface area contributed by atoms with Crippen molar-refractivity contribution < 1.29 is 5.11 Å². The topological polar surface area (TPSA) is 44.0 Å². The molecule has 2 rings (SSSR count). The average molecular weight is 209 g/mol. The Morgan fingerprint density at radius 2 is 1.44 bits per heavy atom. The van der Waals surface area contributed by atoms with Crippen LogP contribution in [0.25, 0.3) is 11.1 Å². The molecule has 0 fully saturated rings. The average Bonchev–Trinajstić information content (AvgIpc) is 2.39. The minimum atomic E-state index is -1.04. The number of rotatable bonds is 2. The van der Waals surface area contributed by atoms with Crippen molar-refractivity contribution in [1.29, 1.82) is 5.26 Å². The van der Waals surface area contributed by atoms with Crippen LogP contribution in [0.2, 0.25) is 0 Å². The van der Waals surface area contributed by atoms with Gasteiger partial charge in [-0.2, -0.15) is 5.26 Å². The number of aliphatic hydroxyl groups is 1. The van der Waals surface area contributed by atoms with E-state index in [2.05, 4.69) is 0 Å². The molecule has 0 unspecified atom stereocenters. The van der Waals surface area contributed by atoms with Gasteiger partial charge in [-0.1, -0.05) is 54.6 Å². The van der Waals surface area contributed by atoms with Gasteiger partial charge in [0.25, 0.3) is 0 Å². The molecule has 2 nitrogen and oxygen atoms in total. The SMILES string of the molecule is N#C[C@H](O)c1ccc(-c2ccccc2)cc1. The van der Waals surface area contributed by atoms with E-state index in [1.807, 2.05) is 42.5 Å². The summed E-state index contributed by atoms with van der Waals surface area (Å²) in [7, 11) is 0. The number of aliphatic hydroxyl groups excluding tert-OH is 1. The predicted octanol–water partition coefficient (Wildman–Crippen LogP) is 2.91. The molecule has 0 bridgehead atoms. The molecule has 0 spiro atoms. The maximum Gasteiger partial charge on any atom is 0.165 e. The molecule has 0 saturated heterocycles. The van der Waals surface area contributed by atoms with Crippen molar-refractivity contribution in [2.24, 2.45) is 0 Å². The maximum absolute atomic E-state index is 9.33. The van der Waals surface area contributed by atoms with Crippen LogP contribution >= 0.6 is 0 Å². The summed E-state index contributed by atoms with van der Waals surface area (Å²) in [5, 5.41) is 17.9. The van der Waals surface area contributed by atoms with Gasteiger partial charge in [0.2, 0.25) is 0 Å². The fraction of sp³-hybridized carbons (Fsp3) is 0.0714. The Hall–Kier alpha value is -2.11. The quantitative estimate of drug-likeness (QED) is 0.773. The minimum Gasteiger partial charge on any atom is -0.374 e. The number of nitrogens with zero attached hydrogens (tertiary/aromatic N) is 1. The molecule has 2 aromatic rings. The highest BCUT2D eigenvalue weighted by molar-refractivity contribution is 5.63. The van der Waals surface area contributed by atoms with Crippen molar-refractivity contribution in [2.75, 3.05) is 0 Å². The van der Waals surface area contributed by atoms with Crippen LogP contribution in [0.1, 0.15) is 11.7 Å². The first-order valence-corrected chi connectivity index (χ1v) is 5.04. The first-order chi connectivity index (χ1) is 7.81. The van der Waals surface area contributed by atoms with E-state index in [1.54, 1.807) is 18.2 Å². The standard InChI is InChI=1S/C14H11NO/c15-10-14(16)13-8-6-12(7-9-13)11-4-2-1-3-5-11/h1-9,14,16H/t14-/m0/s1. The van der Waals surface area contributed by atoms with Crippen LogP contribution in [0, 0.1) is 11.3 Å². The summed E-state index contributed by atoms with van der Waals surface area (Å²) in [5.41, 5.74) is 2.83. The molecule has 16 heavy (non-hydrogen) atoms. The fourth-order valence-corrected chi connectivity index (χ4v) is 1.56. The molecular formula is C14H11NO. The van der Waals surface area contributed by atoms with Gasteiger partial charge in [0.1, 0.15) is 0 Å². The zero-order chi connectivity index (χ0) is 11.4. The third kappa shape index (κ3) is 2.10. The Morgan fingerprint density at radius 3 is 2.00 bits per heavy atom. The third-order valence-corrected chi connectivity index (χ3v) is 2.46. The van der Waals surface area contributed by atoms with E-state index in [9.17, 15) is 5.11 Å². The molecule has 0 radical (unpaired) electrons. The summed E-state index contributed by atoms with van der Waals surface area (Å²) in [5.74, 6) is 0. The van der Waals surface area contributed by atoms with E-state index >= 15 is 0 Å². The molecule has 2 aromatic carbocycles. The molecule has 78 valence electrons. The summed E-state index contributed by atoms with van der Waals surface area (Å²) in [6.45, 7) is 0. The summed E-state index contributed by atoms with van der Waals surface area (Å²) in [6.07, 6.45) is -1.04. The third-order valence-electron chi connectivity index (χ3n) is 2.46. The molecule has 0 amide bonds. The molecule has 2 heteroatoms. The Balaban J connectivity index is 2.31. The highest BCUT2D eigenvalue weighted by Gasteiger charge is 2.04. The van der Waals surface area contributed by atoms with Gasteiger partial charge in [0, 0.05) is 0 Å². The van der Waals surface area contributed by atoms with Crippen LogP contribution in [0.5, 0.6) is 0 Å².